The summed E-state index contributed by atoms with van der Waals surface area (Å²) in [5.41, 5.74) is 2.33. The summed E-state index contributed by atoms with van der Waals surface area (Å²) in [6.07, 6.45) is 13.3. The van der Waals surface area contributed by atoms with Gasteiger partial charge in [-0.3, -0.25) is 14.5 Å². The first kappa shape index (κ1) is 15.7. The molecular weight excluding hydrogens is 288 g/mol. The zero-order valence-corrected chi connectivity index (χ0v) is 13.7. The van der Waals surface area contributed by atoms with Crippen molar-refractivity contribution in [3.63, 3.8) is 0 Å². The van der Waals surface area contributed by atoms with E-state index in [1.165, 1.54) is 18.4 Å². The van der Waals surface area contributed by atoms with E-state index in [0.29, 0.717) is 6.42 Å². The Morgan fingerprint density at radius 2 is 2.09 bits per heavy atom. The molecule has 1 amide bonds. The van der Waals surface area contributed by atoms with Gasteiger partial charge in [0.05, 0.1) is 12.2 Å². The summed E-state index contributed by atoms with van der Waals surface area (Å²) >= 11 is 0. The van der Waals surface area contributed by atoms with Crippen molar-refractivity contribution < 1.29 is 4.79 Å². The van der Waals surface area contributed by atoms with Crippen molar-refractivity contribution in [2.75, 3.05) is 6.54 Å². The van der Waals surface area contributed by atoms with E-state index in [9.17, 15) is 4.79 Å². The maximum atomic E-state index is 12.8. The third kappa shape index (κ3) is 3.97. The van der Waals surface area contributed by atoms with Gasteiger partial charge >= 0.3 is 0 Å². The number of hydrogen-bond acceptors (Lipinski definition) is 3. The van der Waals surface area contributed by atoms with Crippen LogP contribution in [0.3, 0.4) is 0 Å². The minimum atomic E-state index is 0.196. The zero-order chi connectivity index (χ0) is 16.1. The lowest BCUT2D eigenvalue weighted by molar-refractivity contribution is -0.133. The quantitative estimate of drug-likeness (QED) is 0.872. The van der Waals surface area contributed by atoms with Gasteiger partial charge in [0.2, 0.25) is 5.91 Å². The van der Waals surface area contributed by atoms with E-state index >= 15 is 0 Å². The molecule has 3 heterocycles. The van der Waals surface area contributed by atoms with E-state index in [-0.39, 0.29) is 11.9 Å². The van der Waals surface area contributed by atoms with Crippen molar-refractivity contribution in [2.24, 2.45) is 7.05 Å². The number of nitrogens with zero attached hydrogens (tertiary/aromatic N) is 4. The van der Waals surface area contributed by atoms with E-state index in [0.717, 1.165) is 31.4 Å². The minimum absolute atomic E-state index is 0.196. The maximum Gasteiger partial charge on any atom is 0.223 e. The highest BCUT2D eigenvalue weighted by molar-refractivity contribution is 5.77. The molecule has 1 atom stereocenters. The molecule has 2 aromatic rings. The van der Waals surface area contributed by atoms with E-state index in [4.69, 9.17) is 0 Å². The van der Waals surface area contributed by atoms with Gasteiger partial charge in [0.15, 0.2) is 0 Å². The van der Waals surface area contributed by atoms with Gasteiger partial charge in [-0.25, -0.2) is 0 Å². The number of rotatable bonds is 4. The average Bonchev–Trinajstić information content (AvgIpc) is 2.85. The molecule has 0 bridgehead atoms. The van der Waals surface area contributed by atoms with E-state index in [1.807, 2.05) is 44.0 Å². The smallest absolute Gasteiger partial charge is 0.223 e. The second-order valence-corrected chi connectivity index (χ2v) is 6.26. The molecule has 0 radical (unpaired) electrons. The molecule has 1 aliphatic heterocycles. The van der Waals surface area contributed by atoms with Crippen LogP contribution in [-0.2, 0) is 18.3 Å². The van der Waals surface area contributed by atoms with Crippen molar-refractivity contribution in [1.29, 1.82) is 0 Å². The molecule has 0 spiro atoms. The Morgan fingerprint density at radius 1 is 1.26 bits per heavy atom. The summed E-state index contributed by atoms with van der Waals surface area (Å²) in [6.45, 7) is 0.860. The molecule has 0 aromatic carbocycles. The largest absolute Gasteiger partial charge is 0.336 e. The van der Waals surface area contributed by atoms with Crippen molar-refractivity contribution in [3.8, 4) is 0 Å². The van der Waals surface area contributed by atoms with Crippen molar-refractivity contribution in [1.82, 2.24) is 19.7 Å². The van der Waals surface area contributed by atoms with E-state index in [2.05, 4.69) is 15.0 Å². The molecule has 23 heavy (non-hydrogen) atoms. The summed E-state index contributed by atoms with van der Waals surface area (Å²) in [5, 5.41) is 4.17. The summed E-state index contributed by atoms with van der Waals surface area (Å²) in [4.78, 5) is 19.0. The van der Waals surface area contributed by atoms with Crippen LogP contribution in [0.25, 0.3) is 0 Å². The Kier molecular flexibility index (Phi) is 5.05. The fourth-order valence-corrected chi connectivity index (χ4v) is 3.33. The summed E-state index contributed by atoms with van der Waals surface area (Å²) in [6, 6.07) is 4.27. The monoisotopic (exact) mass is 312 g/mol. The predicted molar refractivity (Wildman–Crippen MR) is 88.7 cm³/mol. The molecule has 1 fully saturated rings. The summed E-state index contributed by atoms with van der Waals surface area (Å²) in [7, 11) is 1.90. The molecule has 3 rings (SSSR count). The molecule has 0 saturated carbocycles. The van der Waals surface area contributed by atoms with Crippen molar-refractivity contribution in [3.05, 3.63) is 48.0 Å². The van der Waals surface area contributed by atoms with Gasteiger partial charge in [-0.15, -0.1) is 0 Å². The highest BCUT2D eigenvalue weighted by atomic mass is 16.2. The van der Waals surface area contributed by atoms with Gasteiger partial charge in [-0.05, 0) is 42.5 Å². The average molecular weight is 312 g/mol. The Labute approximate surface area is 137 Å². The molecule has 1 unspecified atom stereocenters. The van der Waals surface area contributed by atoms with E-state index < -0.39 is 0 Å². The number of aromatic nitrogens is 3. The van der Waals surface area contributed by atoms with Crippen LogP contribution in [0.2, 0.25) is 0 Å². The maximum absolute atomic E-state index is 12.8. The number of aryl methyl sites for hydroxylation is 2. The normalized spacial score (nSPS) is 18.7. The second kappa shape index (κ2) is 7.40. The standard InChI is InChI=1S/C18H24N4O/c1-21-14-15(13-20-21)6-7-18(23)22-12-4-2-3-5-17(22)16-8-10-19-11-9-16/h8-11,13-14,17H,2-7,12H2,1H3. The highest BCUT2D eigenvalue weighted by Gasteiger charge is 2.26. The van der Waals surface area contributed by atoms with E-state index in [1.54, 1.807) is 4.68 Å². The van der Waals surface area contributed by atoms with Gasteiger partial charge in [0.1, 0.15) is 0 Å². The van der Waals surface area contributed by atoms with Crippen LogP contribution in [0.1, 0.15) is 49.3 Å². The predicted octanol–water partition coefficient (Wildman–Crippen LogP) is 2.89. The molecule has 0 N–H and O–H groups in total. The SMILES string of the molecule is Cn1cc(CCC(=O)N2CCCCCC2c2ccncc2)cn1. The Hall–Kier alpha value is -2.17. The lowest BCUT2D eigenvalue weighted by Gasteiger charge is -2.30. The second-order valence-electron chi connectivity index (χ2n) is 6.26. The van der Waals surface area contributed by atoms with Crippen LogP contribution < -0.4 is 0 Å². The van der Waals surface area contributed by atoms with Gasteiger partial charge in [0, 0.05) is 38.6 Å². The number of likely N-dealkylation sites (tertiary alicyclic amines) is 1. The van der Waals surface area contributed by atoms with Gasteiger partial charge < -0.3 is 4.90 Å². The first-order chi connectivity index (χ1) is 11.2. The van der Waals surface area contributed by atoms with Crippen LogP contribution in [0, 0.1) is 0 Å². The fraction of sp³-hybridized carbons (Fsp3) is 0.500. The third-order valence-electron chi connectivity index (χ3n) is 4.55. The summed E-state index contributed by atoms with van der Waals surface area (Å²) < 4.78 is 1.78. The van der Waals surface area contributed by atoms with Crippen LogP contribution in [-0.4, -0.2) is 32.1 Å². The Bertz CT molecular complexity index is 637. The molecular formula is C18H24N4O. The third-order valence-corrected chi connectivity index (χ3v) is 4.55. The van der Waals surface area contributed by atoms with Crippen LogP contribution in [0.5, 0.6) is 0 Å². The number of amides is 1. The zero-order valence-electron chi connectivity index (χ0n) is 13.7. The number of pyridine rings is 1. The van der Waals surface area contributed by atoms with Crippen LogP contribution in [0.15, 0.2) is 36.9 Å². The van der Waals surface area contributed by atoms with Crippen LogP contribution >= 0.6 is 0 Å². The topological polar surface area (TPSA) is 51.0 Å². The lowest BCUT2D eigenvalue weighted by Crippen LogP contribution is -2.35. The first-order valence-electron chi connectivity index (χ1n) is 8.41. The minimum Gasteiger partial charge on any atom is -0.336 e. The molecule has 1 aliphatic rings. The van der Waals surface area contributed by atoms with Crippen LogP contribution in [0.4, 0.5) is 0 Å². The Morgan fingerprint density at radius 3 is 2.83 bits per heavy atom. The molecule has 2 aromatic heterocycles. The summed E-state index contributed by atoms with van der Waals surface area (Å²) in [5.74, 6) is 0.248. The fourth-order valence-electron chi connectivity index (χ4n) is 3.33. The first-order valence-corrected chi connectivity index (χ1v) is 8.41. The van der Waals surface area contributed by atoms with Gasteiger partial charge in [-0.1, -0.05) is 12.8 Å². The number of carbonyl (C=O) groups is 1. The number of carbonyl (C=O) groups excluding carboxylic acids is 1. The molecule has 5 heteroatoms. The lowest BCUT2D eigenvalue weighted by atomic mass is 10.0. The molecule has 1 saturated heterocycles. The van der Waals surface area contributed by atoms with Gasteiger partial charge in [0.25, 0.3) is 0 Å². The molecule has 122 valence electrons. The van der Waals surface area contributed by atoms with Crippen molar-refractivity contribution >= 4 is 5.91 Å². The number of hydrogen-bond donors (Lipinski definition) is 0. The molecule has 0 aliphatic carbocycles. The highest BCUT2D eigenvalue weighted by Crippen LogP contribution is 2.30. The van der Waals surface area contributed by atoms with Gasteiger partial charge in [-0.2, -0.15) is 5.10 Å². The van der Waals surface area contributed by atoms with Crippen molar-refractivity contribution in [2.45, 2.75) is 44.6 Å². The molecule has 5 nitrogen and oxygen atoms in total. The Balaban J connectivity index is 1.70.